The van der Waals surface area contributed by atoms with Crippen LogP contribution in [0.4, 0.5) is 4.39 Å². The molecule has 1 aromatic carbocycles. The molecule has 0 fully saturated rings. The molecule has 0 bridgehead atoms. The van der Waals surface area contributed by atoms with Gasteiger partial charge in [0, 0.05) is 44.0 Å². The van der Waals surface area contributed by atoms with Gasteiger partial charge in [-0.2, -0.15) is 0 Å². The lowest BCUT2D eigenvalue weighted by molar-refractivity contribution is 0.241. The van der Waals surface area contributed by atoms with Gasteiger partial charge in [0.05, 0.1) is 18.4 Å². The minimum atomic E-state index is -0.381. The highest BCUT2D eigenvalue weighted by Crippen LogP contribution is 2.22. The zero-order valence-electron chi connectivity index (χ0n) is 14.9. The third-order valence-electron chi connectivity index (χ3n) is 4.72. The molecule has 138 valence electrons. The van der Waals surface area contributed by atoms with E-state index in [2.05, 4.69) is 19.9 Å². The zero-order chi connectivity index (χ0) is 18.8. The molecule has 0 radical (unpaired) electrons. The third-order valence-corrected chi connectivity index (χ3v) is 4.72. The topological polar surface area (TPSA) is 71.1 Å². The average molecular weight is 366 g/mol. The Morgan fingerprint density at radius 2 is 2.07 bits per heavy atom. The molecule has 27 heavy (non-hydrogen) atoms. The van der Waals surface area contributed by atoms with Crippen molar-refractivity contribution >= 4 is 0 Å². The summed E-state index contributed by atoms with van der Waals surface area (Å²) in [6.07, 6.45) is 4.02. The molecule has 3 heterocycles. The van der Waals surface area contributed by atoms with Gasteiger partial charge in [-0.1, -0.05) is 6.07 Å². The molecule has 7 heteroatoms. The van der Waals surface area contributed by atoms with E-state index in [9.17, 15) is 9.18 Å². The number of hydrogen-bond donors (Lipinski definition) is 1. The van der Waals surface area contributed by atoms with Gasteiger partial charge in [-0.05, 0) is 29.8 Å². The van der Waals surface area contributed by atoms with Gasteiger partial charge in [0.1, 0.15) is 5.82 Å². The van der Waals surface area contributed by atoms with Crippen molar-refractivity contribution in [2.24, 2.45) is 0 Å². The first-order chi connectivity index (χ1) is 13.1. The Morgan fingerprint density at radius 3 is 2.81 bits per heavy atom. The van der Waals surface area contributed by atoms with Crippen molar-refractivity contribution in [1.29, 1.82) is 0 Å². The van der Waals surface area contributed by atoms with Crippen molar-refractivity contribution in [2.75, 3.05) is 13.7 Å². The molecule has 0 saturated heterocycles. The number of nitrogens with zero attached hydrogens (tertiary/aromatic N) is 3. The smallest absolute Gasteiger partial charge is 0.255 e. The van der Waals surface area contributed by atoms with E-state index in [1.54, 1.807) is 18.5 Å². The molecule has 4 rings (SSSR count). The molecule has 6 nitrogen and oxygen atoms in total. The first-order valence-corrected chi connectivity index (χ1v) is 8.71. The molecule has 0 spiro atoms. The van der Waals surface area contributed by atoms with E-state index in [0.29, 0.717) is 30.9 Å². The quantitative estimate of drug-likeness (QED) is 0.768. The van der Waals surface area contributed by atoms with Crippen molar-refractivity contribution in [1.82, 2.24) is 19.9 Å². The highest BCUT2D eigenvalue weighted by atomic mass is 19.1. The summed E-state index contributed by atoms with van der Waals surface area (Å²) >= 11 is 0. The van der Waals surface area contributed by atoms with Crippen LogP contribution in [-0.2, 0) is 19.5 Å². The standard InChI is InChI=1S/C20H19FN4O2/c1-27-18-3-2-13(10-16(18)21)11-25-9-6-17-15(12-25)20(26)24-19(23-17)14-4-7-22-8-5-14/h2-5,7-8,10H,6,9,11-12H2,1H3,(H,23,24,26). The normalized spacial score (nSPS) is 14.0. The molecule has 1 N–H and O–H groups in total. The summed E-state index contributed by atoms with van der Waals surface area (Å²) in [5.41, 5.74) is 3.05. The van der Waals surface area contributed by atoms with Crippen molar-refractivity contribution < 1.29 is 9.13 Å². The van der Waals surface area contributed by atoms with Crippen LogP contribution < -0.4 is 10.3 Å². The molecule has 0 atom stereocenters. The third kappa shape index (κ3) is 3.59. The summed E-state index contributed by atoms with van der Waals surface area (Å²) in [5, 5.41) is 0. The Labute approximate surface area is 155 Å². The number of H-pyrrole nitrogens is 1. The van der Waals surface area contributed by atoms with Gasteiger partial charge in [-0.3, -0.25) is 14.7 Å². The second-order valence-electron chi connectivity index (χ2n) is 6.51. The number of hydrogen-bond acceptors (Lipinski definition) is 5. The van der Waals surface area contributed by atoms with Crippen LogP contribution in [0.25, 0.3) is 11.4 Å². The van der Waals surface area contributed by atoms with Crippen molar-refractivity contribution in [2.45, 2.75) is 19.5 Å². The SMILES string of the molecule is COc1ccc(CN2CCc3nc(-c4ccncc4)[nH]c(=O)c3C2)cc1F. The van der Waals surface area contributed by atoms with Crippen LogP contribution >= 0.6 is 0 Å². The van der Waals surface area contributed by atoms with Gasteiger partial charge in [0.25, 0.3) is 5.56 Å². The van der Waals surface area contributed by atoms with Crippen molar-refractivity contribution in [3.8, 4) is 17.1 Å². The van der Waals surface area contributed by atoms with Gasteiger partial charge in [0.15, 0.2) is 11.6 Å². The molecule has 1 aliphatic heterocycles. The molecule has 0 amide bonds. The van der Waals surface area contributed by atoms with E-state index in [1.807, 2.05) is 18.2 Å². The summed E-state index contributed by atoms with van der Waals surface area (Å²) in [5.74, 6) is 0.410. The lowest BCUT2D eigenvalue weighted by atomic mass is 10.1. The number of methoxy groups -OCH3 is 1. The fourth-order valence-electron chi connectivity index (χ4n) is 3.33. The molecular formula is C20H19FN4O2. The predicted molar refractivity (Wildman–Crippen MR) is 98.9 cm³/mol. The number of ether oxygens (including phenoxy) is 1. The predicted octanol–water partition coefficient (Wildman–Crippen LogP) is 2.54. The van der Waals surface area contributed by atoms with E-state index in [4.69, 9.17) is 4.74 Å². The van der Waals surface area contributed by atoms with Gasteiger partial charge in [0.2, 0.25) is 0 Å². The summed E-state index contributed by atoms with van der Waals surface area (Å²) in [4.78, 5) is 26.2. The maximum atomic E-state index is 13.9. The monoisotopic (exact) mass is 366 g/mol. The minimum absolute atomic E-state index is 0.127. The maximum Gasteiger partial charge on any atom is 0.255 e. The molecule has 0 unspecified atom stereocenters. The summed E-state index contributed by atoms with van der Waals surface area (Å²) in [6.45, 7) is 1.81. The Bertz CT molecular complexity index is 1020. The lowest BCUT2D eigenvalue weighted by Crippen LogP contribution is -2.35. The van der Waals surface area contributed by atoms with Gasteiger partial charge >= 0.3 is 0 Å². The van der Waals surface area contributed by atoms with E-state index < -0.39 is 0 Å². The molecule has 2 aromatic heterocycles. The summed E-state index contributed by atoms with van der Waals surface area (Å²) in [6, 6.07) is 8.57. The van der Waals surface area contributed by atoms with Crippen LogP contribution in [-0.4, -0.2) is 33.5 Å². The Balaban J connectivity index is 1.55. The molecule has 1 aliphatic rings. The van der Waals surface area contributed by atoms with E-state index >= 15 is 0 Å². The second-order valence-corrected chi connectivity index (χ2v) is 6.51. The van der Waals surface area contributed by atoms with Gasteiger partial charge in [-0.15, -0.1) is 0 Å². The highest BCUT2D eigenvalue weighted by Gasteiger charge is 2.22. The molecule has 0 saturated carbocycles. The Morgan fingerprint density at radius 1 is 1.26 bits per heavy atom. The van der Waals surface area contributed by atoms with Crippen molar-refractivity contribution in [3.63, 3.8) is 0 Å². The van der Waals surface area contributed by atoms with Gasteiger partial charge in [-0.25, -0.2) is 9.37 Å². The van der Waals surface area contributed by atoms with Gasteiger partial charge < -0.3 is 9.72 Å². The molecule has 0 aliphatic carbocycles. The number of nitrogens with one attached hydrogen (secondary N) is 1. The fraction of sp³-hybridized carbons (Fsp3) is 0.250. The first kappa shape index (κ1) is 17.4. The fourth-order valence-corrected chi connectivity index (χ4v) is 3.33. The van der Waals surface area contributed by atoms with E-state index in [1.165, 1.54) is 13.2 Å². The summed E-state index contributed by atoms with van der Waals surface area (Å²) < 4.78 is 18.9. The summed E-state index contributed by atoms with van der Waals surface area (Å²) in [7, 11) is 1.44. The van der Waals surface area contributed by atoms with Crippen LogP contribution in [0.2, 0.25) is 0 Å². The Kier molecular flexibility index (Phi) is 4.68. The molecule has 3 aromatic rings. The number of fused-ring (bicyclic) bond motifs is 1. The molecular weight excluding hydrogens is 347 g/mol. The van der Waals surface area contributed by atoms with Crippen LogP contribution in [0.3, 0.4) is 0 Å². The van der Waals surface area contributed by atoms with E-state index in [0.717, 1.165) is 23.4 Å². The number of aromatic nitrogens is 3. The second kappa shape index (κ2) is 7.28. The van der Waals surface area contributed by atoms with Crippen LogP contribution in [0.15, 0.2) is 47.5 Å². The highest BCUT2D eigenvalue weighted by molar-refractivity contribution is 5.54. The lowest BCUT2D eigenvalue weighted by Gasteiger charge is -2.27. The number of benzene rings is 1. The van der Waals surface area contributed by atoms with E-state index in [-0.39, 0.29) is 17.1 Å². The number of pyridine rings is 1. The average Bonchev–Trinajstić information content (AvgIpc) is 2.69. The van der Waals surface area contributed by atoms with Crippen LogP contribution in [0, 0.1) is 5.82 Å². The van der Waals surface area contributed by atoms with Crippen LogP contribution in [0.1, 0.15) is 16.8 Å². The van der Waals surface area contributed by atoms with Crippen molar-refractivity contribution in [3.05, 3.63) is 75.7 Å². The number of rotatable bonds is 4. The first-order valence-electron chi connectivity index (χ1n) is 8.71. The minimum Gasteiger partial charge on any atom is -0.494 e. The largest absolute Gasteiger partial charge is 0.494 e. The maximum absolute atomic E-state index is 13.9. The Hall–Kier alpha value is -3.06. The van der Waals surface area contributed by atoms with Crippen LogP contribution in [0.5, 0.6) is 5.75 Å². The zero-order valence-corrected chi connectivity index (χ0v) is 14.9. The number of halogens is 1. The number of aromatic amines is 1.